The van der Waals surface area contributed by atoms with E-state index in [-0.39, 0.29) is 23.1 Å². The number of esters is 1. The van der Waals surface area contributed by atoms with Gasteiger partial charge in [0.25, 0.3) is 0 Å². The summed E-state index contributed by atoms with van der Waals surface area (Å²) in [5.41, 5.74) is 2.94. The van der Waals surface area contributed by atoms with Gasteiger partial charge < -0.3 is 23.2 Å². The molecule has 7 heteroatoms. The molecule has 160 valence electrons. The third kappa shape index (κ3) is 3.24. The maximum atomic E-state index is 13.1. The molecule has 0 radical (unpaired) electrons. The van der Waals surface area contributed by atoms with Crippen molar-refractivity contribution in [3.05, 3.63) is 83.1 Å². The predicted octanol–water partition coefficient (Wildman–Crippen LogP) is 4.92. The molecule has 0 bridgehead atoms. The van der Waals surface area contributed by atoms with Gasteiger partial charge in [-0.25, -0.2) is 4.79 Å². The second kappa shape index (κ2) is 7.46. The van der Waals surface area contributed by atoms with Crippen molar-refractivity contribution in [2.75, 3.05) is 7.11 Å². The zero-order valence-electron chi connectivity index (χ0n) is 17.7. The average Bonchev–Trinajstić information content (AvgIpc) is 3.48. The number of hydrogen-bond acceptors (Lipinski definition) is 6. The number of aromatic nitrogens is 1. The van der Waals surface area contributed by atoms with Crippen molar-refractivity contribution in [2.24, 2.45) is 7.05 Å². The molecule has 4 aromatic rings. The van der Waals surface area contributed by atoms with Crippen LogP contribution in [0.3, 0.4) is 0 Å². The Balaban J connectivity index is 1.49. The van der Waals surface area contributed by atoms with E-state index in [1.807, 2.05) is 36.0 Å². The van der Waals surface area contributed by atoms with Crippen LogP contribution in [-0.4, -0.2) is 23.4 Å². The smallest absolute Gasteiger partial charge is 0.379 e. The van der Waals surface area contributed by atoms with Gasteiger partial charge in [-0.2, -0.15) is 0 Å². The third-order valence-electron chi connectivity index (χ3n) is 5.39. The number of allylic oxidation sites excluding steroid dienone is 1. The minimum atomic E-state index is -0.626. The molecule has 0 amide bonds. The molecule has 1 aliphatic heterocycles. The Morgan fingerprint density at radius 1 is 1.12 bits per heavy atom. The Bertz CT molecular complexity index is 1410. The van der Waals surface area contributed by atoms with Crippen molar-refractivity contribution in [1.29, 1.82) is 0 Å². The summed E-state index contributed by atoms with van der Waals surface area (Å²) in [4.78, 5) is 25.2. The largest absolute Gasteiger partial charge is 0.497 e. The second-order valence-corrected chi connectivity index (χ2v) is 7.50. The standard InChI is InChI=1S/C25H19NO6/c1-14-9-17(31-25(28)20-5-4-8-30-20)12-21-23(14)24(27)22(32-21)10-15-13-26(2)19-7-6-16(29-3)11-18(15)19/h4-13H,1-3H3/b22-10-. The van der Waals surface area contributed by atoms with E-state index >= 15 is 0 Å². The van der Waals surface area contributed by atoms with E-state index < -0.39 is 5.97 Å². The van der Waals surface area contributed by atoms with E-state index in [0.29, 0.717) is 16.9 Å². The van der Waals surface area contributed by atoms with Crippen LogP contribution in [0.1, 0.15) is 32.0 Å². The number of benzene rings is 2. The number of fused-ring (bicyclic) bond motifs is 2. The predicted molar refractivity (Wildman–Crippen MR) is 117 cm³/mol. The van der Waals surface area contributed by atoms with Gasteiger partial charge in [0.2, 0.25) is 11.5 Å². The van der Waals surface area contributed by atoms with Crippen LogP contribution < -0.4 is 14.2 Å². The normalized spacial score (nSPS) is 14.0. The van der Waals surface area contributed by atoms with Crippen LogP contribution in [0.15, 0.2) is 65.1 Å². The molecule has 0 atom stereocenters. The molecule has 2 aromatic carbocycles. The van der Waals surface area contributed by atoms with Gasteiger partial charge in [0.05, 0.1) is 18.9 Å². The summed E-state index contributed by atoms with van der Waals surface area (Å²) >= 11 is 0. The lowest BCUT2D eigenvalue weighted by molar-refractivity contribution is 0.0701. The Labute approximate surface area is 183 Å². The number of Topliss-reactive ketones (excluding diaryl/α,β-unsaturated/α-hetero) is 1. The van der Waals surface area contributed by atoms with Crippen molar-refractivity contribution >= 4 is 28.7 Å². The summed E-state index contributed by atoms with van der Waals surface area (Å²) in [6.07, 6.45) is 5.05. The fourth-order valence-electron chi connectivity index (χ4n) is 3.87. The summed E-state index contributed by atoms with van der Waals surface area (Å²) in [6, 6.07) is 12.1. The highest BCUT2D eigenvalue weighted by molar-refractivity contribution is 6.16. The zero-order chi connectivity index (χ0) is 22.4. The second-order valence-electron chi connectivity index (χ2n) is 7.50. The molecule has 0 unspecified atom stereocenters. The molecule has 2 aromatic heterocycles. The van der Waals surface area contributed by atoms with Crippen LogP contribution >= 0.6 is 0 Å². The van der Waals surface area contributed by atoms with Crippen LogP contribution in [0, 0.1) is 6.92 Å². The number of nitrogens with zero attached hydrogens (tertiary/aromatic N) is 1. The fourth-order valence-corrected chi connectivity index (χ4v) is 3.87. The zero-order valence-corrected chi connectivity index (χ0v) is 17.7. The maximum absolute atomic E-state index is 13.1. The van der Waals surface area contributed by atoms with Gasteiger partial charge in [0, 0.05) is 35.8 Å². The molecular weight excluding hydrogens is 410 g/mol. The molecule has 0 saturated carbocycles. The quantitative estimate of drug-likeness (QED) is 0.260. The van der Waals surface area contributed by atoms with E-state index in [9.17, 15) is 9.59 Å². The van der Waals surface area contributed by atoms with E-state index in [1.165, 1.54) is 18.4 Å². The van der Waals surface area contributed by atoms with E-state index in [0.717, 1.165) is 22.2 Å². The Hall–Kier alpha value is -4.26. The van der Waals surface area contributed by atoms with Gasteiger partial charge in [0.1, 0.15) is 17.2 Å². The maximum Gasteiger partial charge on any atom is 0.379 e. The van der Waals surface area contributed by atoms with E-state index in [2.05, 4.69) is 0 Å². The molecular formula is C25H19NO6. The number of hydrogen-bond donors (Lipinski definition) is 0. The number of furan rings is 1. The molecule has 1 aliphatic rings. The van der Waals surface area contributed by atoms with Gasteiger partial charge in [-0.3, -0.25) is 4.79 Å². The topological polar surface area (TPSA) is 79.9 Å². The summed E-state index contributed by atoms with van der Waals surface area (Å²) in [5.74, 6) is 0.789. The number of aryl methyl sites for hydroxylation is 2. The highest BCUT2D eigenvalue weighted by Crippen LogP contribution is 2.38. The number of carbonyl (C=O) groups is 2. The third-order valence-corrected chi connectivity index (χ3v) is 5.39. The first-order valence-electron chi connectivity index (χ1n) is 9.92. The van der Waals surface area contributed by atoms with Crippen LogP contribution in [0.4, 0.5) is 0 Å². The van der Waals surface area contributed by atoms with Crippen LogP contribution in [-0.2, 0) is 7.05 Å². The minimum Gasteiger partial charge on any atom is -0.497 e. The molecule has 32 heavy (non-hydrogen) atoms. The average molecular weight is 429 g/mol. The van der Waals surface area contributed by atoms with Crippen molar-refractivity contribution in [3.8, 4) is 17.2 Å². The molecule has 0 saturated heterocycles. The first-order chi connectivity index (χ1) is 15.4. The van der Waals surface area contributed by atoms with Gasteiger partial charge in [-0.15, -0.1) is 0 Å². The first kappa shape index (κ1) is 19.7. The van der Waals surface area contributed by atoms with Crippen molar-refractivity contribution in [1.82, 2.24) is 4.57 Å². The number of carbonyl (C=O) groups excluding carboxylic acids is 2. The Morgan fingerprint density at radius 2 is 1.97 bits per heavy atom. The van der Waals surface area contributed by atoms with Gasteiger partial charge in [-0.1, -0.05) is 0 Å². The fraction of sp³-hybridized carbons (Fsp3) is 0.120. The molecule has 0 N–H and O–H groups in total. The number of rotatable bonds is 4. The van der Waals surface area contributed by atoms with Gasteiger partial charge in [-0.05, 0) is 55.0 Å². The van der Waals surface area contributed by atoms with Gasteiger partial charge in [0.15, 0.2) is 5.76 Å². The Morgan fingerprint density at radius 3 is 2.72 bits per heavy atom. The lowest BCUT2D eigenvalue weighted by Crippen LogP contribution is -2.07. The highest BCUT2D eigenvalue weighted by atomic mass is 16.5. The van der Waals surface area contributed by atoms with Crippen molar-refractivity contribution in [3.63, 3.8) is 0 Å². The van der Waals surface area contributed by atoms with Crippen molar-refractivity contribution in [2.45, 2.75) is 6.92 Å². The molecule has 0 spiro atoms. The van der Waals surface area contributed by atoms with Crippen LogP contribution in [0.5, 0.6) is 17.2 Å². The highest BCUT2D eigenvalue weighted by Gasteiger charge is 2.31. The Kier molecular flexibility index (Phi) is 4.59. The number of ether oxygens (including phenoxy) is 3. The molecule has 7 nitrogen and oxygen atoms in total. The van der Waals surface area contributed by atoms with E-state index in [4.69, 9.17) is 18.6 Å². The minimum absolute atomic E-state index is 0.0899. The molecule has 0 fully saturated rings. The lowest BCUT2D eigenvalue weighted by atomic mass is 10.0. The molecule has 3 heterocycles. The molecule has 0 aliphatic carbocycles. The van der Waals surface area contributed by atoms with Crippen molar-refractivity contribution < 1.29 is 28.2 Å². The summed E-state index contributed by atoms with van der Waals surface area (Å²) < 4.78 is 23.6. The SMILES string of the molecule is COc1ccc2c(c1)c(/C=C1\Oc3cc(OC(=O)c4ccco4)cc(C)c3C1=O)cn2C. The van der Waals surface area contributed by atoms with E-state index in [1.54, 1.807) is 32.2 Å². The van der Waals surface area contributed by atoms with Gasteiger partial charge >= 0.3 is 5.97 Å². The number of ketones is 1. The number of methoxy groups -OCH3 is 1. The van der Waals surface area contributed by atoms with Crippen LogP contribution in [0.25, 0.3) is 17.0 Å². The summed E-state index contributed by atoms with van der Waals surface area (Å²) in [6.45, 7) is 1.77. The molecule has 5 rings (SSSR count). The first-order valence-corrected chi connectivity index (χ1v) is 9.92. The summed E-state index contributed by atoms with van der Waals surface area (Å²) in [7, 11) is 3.55. The van der Waals surface area contributed by atoms with Crippen LogP contribution in [0.2, 0.25) is 0 Å². The summed E-state index contributed by atoms with van der Waals surface area (Å²) in [5, 5.41) is 0.941. The monoisotopic (exact) mass is 429 g/mol. The lowest BCUT2D eigenvalue weighted by Gasteiger charge is -2.06.